The van der Waals surface area contributed by atoms with Crippen molar-refractivity contribution in [2.45, 2.75) is 17.4 Å². The third-order valence-electron chi connectivity index (χ3n) is 2.67. The number of ether oxygens (including phenoxy) is 1. The first-order valence-corrected chi connectivity index (χ1v) is 7.32. The summed E-state index contributed by atoms with van der Waals surface area (Å²) in [6, 6.07) is 2.30. The van der Waals surface area contributed by atoms with Gasteiger partial charge in [0.1, 0.15) is 5.82 Å². The SMILES string of the molecule is COC(=O)c1cc(F)cc(S(=O)(=O)NCC(C)(O)C(=O)O)c1. The zero-order chi connectivity index (χ0) is 17.1. The molecule has 0 aliphatic rings. The fourth-order valence-corrected chi connectivity index (χ4v) is 2.54. The summed E-state index contributed by atoms with van der Waals surface area (Å²) in [5.41, 5.74) is -2.67. The van der Waals surface area contributed by atoms with E-state index in [1.807, 2.05) is 4.72 Å². The lowest BCUT2D eigenvalue weighted by Crippen LogP contribution is -2.46. The third-order valence-corrected chi connectivity index (χ3v) is 4.05. The zero-order valence-electron chi connectivity index (χ0n) is 11.7. The molecule has 0 spiro atoms. The molecule has 0 aliphatic heterocycles. The molecular weight excluding hydrogens is 321 g/mol. The molecule has 8 nitrogen and oxygen atoms in total. The molecule has 0 aromatic heterocycles. The van der Waals surface area contributed by atoms with Crippen LogP contribution in [-0.2, 0) is 19.6 Å². The number of hydrogen-bond acceptors (Lipinski definition) is 6. The van der Waals surface area contributed by atoms with Gasteiger partial charge in [-0.2, -0.15) is 0 Å². The molecule has 1 atom stereocenters. The Kier molecular flexibility index (Phi) is 5.22. The maximum absolute atomic E-state index is 13.4. The Morgan fingerprint density at radius 1 is 1.36 bits per heavy atom. The molecule has 0 aliphatic carbocycles. The second-order valence-corrected chi connectivity index (χ2v) is 6.34. The number of methoxy groups -OCH3 is 1. The number of benzene rings is 1. The quantitative estimate of drug-likeness (QED) is 0.610. The molecule has 1 aromatic rings. The molecule has 0 amide bonds. The van der Waals surface area contributed by atoms with Crippen LogP contribution >= 0.6 is 0 Å². The van der Waals surface area contributed by atoms with Gasteiger partial charge in [-0.3, -0.25) is 0 Å². The predicted octanol–water partition coefficient (Wildman–Crippen LogP) is -0.274. The van der Waals surface area contributed by atoms with Gasteiger partial charge in [0.25, 0.3) is 0 Å². The molecule has 3 N–H and O–H groups in total. The minimum Gasteiger partial charge on any atom is -0.479 e. The van der Waals surface area contributed by atoms with Gasteiger partial charge in [-0.15, -0.1) is 0 Å². The summed E-state index contributed by atoms with van der Waals surface area (Å²) in [4.78, 5) is 21.4. The monoisotopic (exact) mass is 335 g/mol. The molecule has 1 aromatic carbocycles. The van der Waals surface area contributed by atoms with E-state index in [-0.39, 0.29) is 5.56 Å². The van der Waals surface area contributed by atoms with Gasteiger partial charge in [0.05, 0.1) is 24.1 Å². The highest BCUT2D eigenvalue weighted by atomic mass is 32.2. The summed E-state index contributed by atoms with van der Waals surface area (Å²) in [6.07, 6.45) is 0. The summed E-state index contributed by atoms with van der Waals surface area (Å²) in [7, 11) is -3.29. The van der Waals surface area contributed by atoms with Crippen molar-refractivity contribution in [2.75, 3.05) is 13.7 Å². The van der Waals surface area contributed by atoms with Crippen LogP contribution in [0.2, 0.25) is 0 Å². The molecule has 0 bridgehead atoms. The van der Waals surface area contributed by atoms with Gasteiger partial charge >= 0.3 is 11.9 Å². The second-order valence-electron chi connectivity index (χ2n) is 4.57. The number of aliphatic hydroxyl groups is 1. The molecular formula is C12H14FNO7S. The zero-order valence-corrected chi connectivity index (χ0v) is 12.5. The van der Waals surface area contributed by atoms with Crippen LogP contribution in [0.5, 0.6) is 0 Å². The van der Waals surface area contributed by atoms with E-state index in [2.05, 4.69) is 4.74 Å². The Labute approximate surface area is 125 Å². The minimum absolute atomic E-state index is 0.326. The van der Waals surface area contributed by atoms with Gasteiger partial charge in [0.15, 0.2) is 5.60 Å². The van der Waals surface area contributed by atoms with Crippen molar-refractivity contribution in [3.05, 3.63) is 29.6 Å². The van der Waals surface area contributed by atoms with Crippen LogP contribution in [0.1, 0.15) is 17.3 Å². The Morgan fingerprint density at radius 2 is 1.95 bits per heavy atom. The van der Waals surface area contributed by atoms with E-state index in [0.717, 1.165) is 26.2 Å². The first-order chi connectivity index (χ1) is 9.99. The van der Waals surface area contributed by atoms with Crippen molar-refractivity contribution in [1.29, 1.82) is 0 Å². The number of carbonyl (C=O) groups excluding carboxylic acids is 1. The fourth-order valence-electron chi connectivity index (χ4n) is 1.35. The highest BCUT2D eigenvalue weighted by Crippen LogP contribution is 2.16. The van der Waals surface area contributed by atoms with E-state index in [0.29, 0.717) is 6.07 Å². The minimum atomic E-state index is -4.33. The number of nitrogens with one attached hydrogen (secondary N) is 1. The van der Waals surface area contributed by atoms with E-state index in [1.165, 1.54) is 0 Å². The number of esters is 1. The molecule has 0 saturated heterocycles. The number of carboxylic acids is 1. The standard InChI is InChI=1S/C12H14FNO7S/c1-12(18,11(16)17)6-14-22(19,20)9-4-7(10(15)21-2)3-8(13)5-9/h3-5,14,18H,6H2,1-2H3,(H,16,17). The smallest absolute Gasteiger partial charge is 0.337 e. The highest BCUT2D eigenvalue weighted by molar-refractivity contribution is 7.89. The molecule has 1 unspecified atom stereocenters. The van der Waals surface area contributed by atoms with E-state index >= 15 is 0 Å². The van der Waals surface area contributed by atoms with Gasteiger partial charge < -0.3 is 14.9 Å². The largest absolute Gasteiger partial charge is 0.479 e. The number of hydrogen-bond donors (Lipinski definition) is 3. The molecule has 0 heterocycles. The molecule has 0 fully saturated rings. The molecule has 1 rings (SSSR count). The molecule has 0 radical (unpaired) electrons. The van der Waals surface area contributed by atoms with Crippen molar-refractivity contribution in [1.82, 2.24) is 4.72 Å². The number of halogens is 1. The fraction of sp³-hybridized carbons (Fsp3) is 0.333. The summed E-state index contributed by atoms with van der Waals surface area (Å²) < 4.78 is 43.6. The summed E-state index contributed by atoms with van der Waals surface area (Å²) in [5, 5.41) is 18.2. The van der Waals surface area contributed by atoms with Crippen LogP contribution in [0.25, 0.3) is 0 Å². The average Bonchev–Trinajstić information content (AvgIpc) is 2.43. The average molecular weight is 335 g/mol. The number of aliphatic carboxylic acids is 1. The maximum atomic E-state index is 13.4. The van der Waals surface area contributed by atoms with Gasteiger partial charge in [-0.05, 0) is 25.1 Å². The van der Waals surface area contributed by atoms with E-state index in [1.54, 1.807) is 0 Å². The van der Waals surface area contributed by atoms with Crippen molar-refractivity contribution in [2.24, 2.45) is 0 Å². The summed E-state index contributed by atoms with van der Waals surface area (Å²) in [5.74, 6) is -3.56. The van der Waals surface area contributed by atoms with Crippen LogP contribution in [0.4, 0.5) is 4.39 Å². The Balaban J connectivity index is 3.11. The molecule has 10 heteroatoms. The number of carbonyl (C=O) groups is 2. The topological polar surface area (TPSA) is 130 Å². The Bertz CT molecular complexity index is 699. The van der Waals surface area contributed by atoms with Crippen molar-refractivity contribution in [3.8, 4) is 0 Å². The first kappa shape index (κ1) is 18.0. The Hall–Kier alpha value is -2.04. The maximum Gasteiger partial charge on any atom is 0.337 e. The van der Waals surface area contributed by atoms with Crippen molar-refractivity contribution < 1.29 is 37.3 Å². The van der Waals surface area contributed by atoms with Crippen LogP contribution in [0, 0.1) is 5.82 Å². The van der Waals surface area contributed by atoms with E-state index in [4.69, 9.17) is 5.11 Å². The van der Waals surface area contributed by atoms with Gasteiger partial charge in [-0.1, -0.05) is 0 Å². The van der Waals surface area contributed by atoms with Gasteiger partial charge in [0.2, 0.25) is 10.0 Å². The third kappa shape index (κ3) is 4.23. The summed E-state index contributed by atoms with van der Waals surface area (Å²) in [6.45, 7) is 0.0536. The molecule has 22 heavy (non-hydrogen) atoms. The van der Waals surface area contributed by atoms with Gasteiger partial charge in [-0.25, -0.2) is 27.1 Å². The van der Waals surface area contributed by atoms with E-state index < -0.39 is 44.8 Å². The van der Waals surface area contributed by atoms with E-state index in [9.17, 15) is 27.5 Å². The van der Waals surface area contributed by atoms with Crippen LogP contribution < -0.4 is 4.72 Å². The lowest BCUT2D eigenvalue weighted by atomic mass is 10.1. The lowest BCUT2D eigenvalue weighted by molar-refractivity contribution is -0.155. The van der Waals surface area contributed by atoms with Crippen LogP contribution in [0.3, 0.4) is 0 Å². The number of rotatable bonds is 6. The summed E-state index contributed by atoms with van der Waals surface area (Å²) >= 11 is 0. The number of carboxylic acid groups (broad SMARTS) is 1. The normalized spacial score (nSPS) is 14.2. The lowest BCUT2D eigenvalue weighted by Gasteiger charge is -2.18. The predicted molar refractivity (Wildman–Crippen MR) is 71.2 cm³/mol. The first-order valence-electron chi connectivity index (χ1n) is 5.84. The van der Waals surface area contributed by atoms with Crippen molar-refractivity contribution in [3.63, 3.8) is 0 Å². The highest BCUT2D eigenvalue weighted by Gasteiger charge is 2.32. The molecule has 0 saturated carbocycles. The Morgan fingerprint density at radius 3 is 2.45 bits per heavy atom. The van der Waals surface area contributed by atoms with Gasteiger partial charge in [0, 0.05) is 0 Å². The van der Waals surface area contributed by atoms with Crippen LogP contribution in [-0.4, -0.2) is 49.8 Å². The molecule has 122 valence electrons. The number of sulfonamides is 1. The van der Waals surface area contributed by atoms with Crippen LogP contribution in [0.15, 0.2) is 23.1 Å². The second kappa shape index (κ2) is 6.38. The van der Waals surface area contributed by atoms with Crippen molar-refractivity contribution >= 4 is 22.0 Å².